The summed E-state index contributed by atoms with van der Waals surface area (Å²) in [7, 11) is 1.58. The Bertz CT molecular complexity index is 1020. The number of pyridine rings is 1. The number of carbonyl (C=O) groups is 1. The fourth-order valence-corrected chi connectivity index (χ4v) is 2.94. The van der Waals surface area contributed by atoms with Gasteiger partial charge in [0.25, 0.3) is 5.91 Å². The molecule has 26 heavy (non-hydrogen) atoms. The zero-order valence-corrected chi connectivity index (χ0v) is 15.7. The van der Waals surface area contributed by atoms with Crippen LogP contribution in [0.25, 0.3) is 10.9 Å². The lowest BCUT2D eigenvalue weighted by Gasteiger charge is -2.05. The molecule has 132 valence electrons. The van der Waals surface area contributed by atoms with Crippen LogP contribution in [0.5, 0.6) is 5.75 Å². The highest BCUT2D eigenvalue weighted by Crippen LogP contribution is 2.23. The molecule has 3 aromatic rings. The molecular formula is C18H12Cl3N3O2. The molecule has 0 atom stereocenters. The van der Waals surface area contributed by atoms with Crippen LogP contribution in [0, 0.1) is 0 Å². The average molecular weight is 409 g/mol. The van der Waals surface area contributed by atoms with E-state index in [4.69, 9.17) is 39.5 Å². The van der Waals surface area contributed by atoms with E-state index in [0.717, 1.165) is 5.39 Å². The molecule has 0 unspecified atom stereocenters. The van der Waals surface area contributed by atoms with Crippen LogP contribution in [0.2, 0.25) is 15.2 Å². The number of amides is 1. The van der Waals surface area contributed by atoms with Crippen molar-refractivity contribution in [2.24, 2.45) is 5.10 Å². The summed E-state index contributed by atoms with van der Waals surface area (Å²) in [6.07, 6.45) is 1.42. The number of hydrogen-bond donors (Lipinski definition) is 1. The Morgan fingerprint density at radius 3 is 2.69 bits per heavy atom. The number of methoxy groups -OCH3 is 1. The Hall–Kier alpha value is -2.34. The molecule has 0 saturated heterocycles. The van der Waals surface area contributed by atoms with Crippen LogP contribution in [0.15, 0.2) is 47.6 Å². The second kappa shape index (κ2) is 7.91. The maximum Gasteiger partial charge on any atom is 0.272 e. The molecule has 0 radical (unpaired) electrons. The largest absolute Gasteiger partial charge is 0.497 e. The number of ether oxygens (including phenoxy) is 1. The molecule has 0 aliphatic heterocycles. The predicted molar refractivity (Wildman–Crippen MR) is 105 cm³/mol. The van der Waals surface area contributed by atoms with Gasteiger partial charge in [0, 0.05) is 22.0 Å². The molecule has 0 aliphatic carbocycles. The van der Waals surface area contributed by atoms with Crippen molar-refractivity contribution in [3.8, 4) is 5.75 Å². The quantitative estimate of drug-likeness (QED) is 0.377. The van der Waals surface area contributed by atoms with E-state index in [-0.39, 0.29) is 15.7 Å². The first kappa shape index (κ1) is 18.5. The molecule has 5 nitrogen and oxygen atoms in total. The number of halogens is 3. The standard InChI is InChI=1S/C18H12Cl3N3O2/c1-26-13-4-2-10-6-11(17(21)23-16(10)8-13)9-22-24-18(25)14-5-3-12(19)7-15(14)20/h2-9H,1H3,(H,24,25)/b22-9-. The van der Waals surface area contributed by atoms with Crippen molar-refractivity contribution in [1.29, 1.82) is 0 Å². The van der Waals surface area contributed by atoms with Crippen molar-refractivity contribution in [2.75, 3.05) is 7.11 Å². The van der Waals surface area contributed by atoms with Crippen molar-refractivity contribution in [1.82, 2.24) is 10.4 Å². The van der Waals surface area contributed by atoms with Crippen LogP contribution < -0.4 is 10.2 Å². The summed E-state index contributed by atoms with van der Waals surface area (Å²) in [6, 6.07) is 11.9. The van der Waals surface area contributed by atoms with Crippen molar-refractivity contribution >= 4 is 57.8 Å². The minimum absolute atomic E-state index is 0.240. The highest BCUT2D eigenvalue weighted by molar-refractivity contribution is 6.36. The first-order chi connectivity index (χ1) is 12.5. The smallest absolute Gasteiger partial charge is 0.272 e. The Morgan fingerprint density at radius 1 is 1.15 bits per heavy atom. The molecule has 8 heteroatoms. The van der Waals surface area contributed by atoms with Crippen molar-refractivity contribution in [2.45, 2.75) is 0 Å². The van der Waals surface area contributed by atoms with Gasteiger partial charge in [-0.3, -0.25) is 4.79 Å². The fraction of sp³-hybridized carbons (Fsp3) is 0.0556. The van der Waals surface area contributed by atoms with Gasteiger partial charge in [-0.05, 0) is 36.4 Å². The second-order valence-electron chi connectivity index (χ2n) is 5.25. The highest BCUT2D eigenvalue weighted by Gasteiger charge is 2.10. The lowest BCUT2D eigenvalue weighted by molar-refractivity contribution is 0.0955. The minimum Gasteiger partial charge on any atom is -0.497 e. The number of hydrogen-bond acceptors (Lipinski definition) is 4. The van der Waals surface area contributed by atoms with Gasteiger partial charge in [-0.15, -0.1) is 0 Å². The lowest BCUT2D eigenvalue weighted by atomic mass is 10.1. The van der Waals surface area contributed by atoms with E-state index < -0.39 is 5.91 Å². The first-order valence-corrected chi connectivity index (χ1v) is 8.54. The van der Waals surface area contributed by atoms with E-state index >= 15 is 0 Å². The molecule has 0 bridgehead atoms. The molecule has 3 rings (SSSR count). The van der Waals surface area contributed by atoms with E-state index in [1.54, 1.807) is 19.2 Å². The second-order valence-corrected chi connectivity index (χ2v) is 6.45. The SMILES string of the molecule is COc1ccc2cc(/C=N\NC(=O)c3ccc(Cl)cc3Cl)c(Cl)nc2c1. The maximum atomic E-state index is 12.1. The van der Waals surface area contributed by atoms with E-state index in [1.165, 1.54) is 18.3 Å². The zero-order valence-electron chi connectivity index (χ0n) is 13.5. The van der Waals surface area contributed by atoms with Gasteiger partial charge in [-0.25, -0.2) is 10.4 Å². The lowest BCUT2D eigenvalue weighted by Crippen LogP contribution is -2.18. The summed E-state index contributed by atoms with van der Waals surface area (Å²) in [6.45, 7) is 0. The summed E-state index contributed by atoms with van der Waals surface area (Å²) in [5, 5.41) is 5.73. The van der Waals surface area contributed by atoms with Gasteiger partial charge in [0.1, 0.15) is 10.9 Å². The molecule has 2 aromatic carbocycles. The minimum atomic E-state index is -0.461. The third-order valence-electron chi connectivity index (χ3n) is 3.55. The van der Waals surface area contributed by atoms with Crippen LogP contribution in [-0.4, -0.2) is 24.2 Å². The molecule has 0 aliphatic rings. The van der Waals surface area contributed by atoms with Gasteiger partial charge in [0.2, 0.25) is 0 Å². The van der Waals surface area contributed by atoms with Gasteiger partial charge in [0.05, 0.1) is 29.4 Å². The topological polar surface area (TPSA) is 63.6 Å². The molecule has 1 heterocycles. The van der Waals surface area contributed by atoms with Gasteiger partial charge in [-0.1, -0.05) is 34.8 Å². The first-order valence-electron chi connectivity index (χ1n) is 7.40. The molecule has 0 fully saturated rings. The van der Waals surface area contributed by atoms with E-state index in [0.29, 0.717) is 21.9 Å². The number of nitrogens with zero attached hydrogens (tertiary/aromatic N) is 2. The molecule has 1 aromatic heterocycles. The number of benzene rings is 2. The van der Waals surface area contributed by atoms with Crippen molar-refractivity contribution in [3.05, 3.63) is 68.8 Å². The number of nitrogens with one attached hydrogen (secondary N) is 1. The summed E-state index contributed by atoms with van der Waals surface area (Å²) in [4.78, 5) is 16.4. The van der Waals surface area contributed by atoms with E-state index in [2.05, 4.69) is 15.5 Å². The van der Waals surface area contributed by atoms with E-state index in [9.17, 15) is 4.79 Å². The fourth-order valence-electron chi connectivity index (χ4n) is 2.25. The molecule has 0 spiro atoms. The van der Waals surface area contributed by atoms with Gasteiger partial charge < -0.3 is 4.74 Å². The van der Waals surface area contributed by atoms with E-state index in [1.807, 2.05) is 18.2 Å². The van der Waals surface area contributed by atoms with Crippen LogP contribution in [-0.2, 0) is 0 Å². The van der Waals surface area contributed by atoms with Crippen LogP contribution in [0.4, 0.5) is 0 Å². The Labute approximate surface area is 164 Å². The summed E-state index contributed by atoms with van der Waals surface area (Å²) < 4.78 is 5.17. The number of hydrazone groups is 1. The van der Waals surface area contributed by atoms with Gasteiger partial charge in [-0.2, -0.15) is 5.10 Å². The molecule has 1 amide bonds. The number of aromatic nitrogens is 1. The number of rotatable bonds is 4. The molecule has 1 N–H and O–H groups in total. The van der Waals surface area contributed by atoms with Gasteiger partial charge >= 0.3 is 0 Å². The normalized spacial score (nSPS) is 11.1. The summed E-state index contributed by atoms with van der Waals surface area (Å²) in [5.74, 6) is 0.229. The highest BCUT2D eigenvalue weighted by atomic mass is 35.5. The number of fused-ring (bicyclic) bond motifs is 1. The Kier molecular flexibility index (Phi) is 5.61. The van der Waals surface area contributed by atoms with Crippen LogP contribution in [0.1, 0.15) is 15.9 Å². The van der Waals surface area contributed by atoms with Crippen molar-refractivity contribution < 1.29 is 9.53 Å². The summed E-state index contributed by atoms with van der Waals surface area (Å²) in [5.41, 5.74) is 3.92. The molecule has 0 saturated carbocycles. The van der Waals surface area contributed by atoms with Crippen LogP contribution in [0.3, 0.4) is 0 Å². The van der Waals surface area contributed by atoms with Gasteiger partial charge in [0.15, 0.2) is 0 Å². The predicted octanol–water partition coefficient (Wildman–Crippen LogP) is 4.97. The monoisotopic (exact) mass is 407 g/mol. The number of carbonyl (C=O) groups excluding carboxylic acids is 1. The molecular weight excluding hydrogens is 397 g/mol. The third kappa shape index (κ3) is 4.07. The maximum absolute atomic E-state index is 12.1. The Morgan fingerprint density at radius 2 is 1.96 bits per heavy atom. The van der Waals surface area contributed by atoms with Crippen LogP contribution >= 0.6 is 34.8 Å². The van der Waals surface area contributed by atoms with Crippen molar-refractivity contribution in [3.63, 3.8) is 0 Å². The zero-order chi connectivity index (χ0) is 18.7. The average Bonchev–Trinajstić information content (AvgIpc) is 2.61. The Balaban J connectivity index is 1.79. The summed E-state index contributed by atoms with van der Waals surface area (Å²) >= 11 is 18.0. The third-order valence-corrected chi connectivity index (χ3v) is 4.40.